The lowest BCUT2D eigenvalue weighted by atomic mass is 10.2. The maximum atomic E-state index is 2.41. The largest absolute Gasteiger partial charge is 1.00 e. The lowest BCUT2D eigenvalue weighted by Gasteiger charge is -2.28. The van der Waals surface area contributed by atoms with E-state index >= 15 is 0 Å². The molecule has 2 heteroatoms. The summed E-state index contributed by atoms with van der Waals surface area (Å²) in [5, 5.41) is 4.37. The maximum absolute atomic E-state index is 2.41. The van der Waals surface area contributed by atoms with Crippen LogP contribution < -0.4 is 28.3 Å². The van der Waals surface area contributed by atoms with Gasteiger partial charge in [0, 0.05) is 0 Å². The number of hydrogen-bond donors (Lipinski definition) is 0. The molecule has 0 bridgehead atoms. The van der Waals surface area contributed by atoms with Gasteiger partial charge in [-0.15, -0.1) is 0 Å². The van der Waals surface area contributed by atoms with Crippen LogP contribution in [0.1, 0.15) is 27.8 Å². The molecule has 31 heavy (non-hydrogen) atoms. The molecule has 0 amide bonds. The topological polar surface area (TPSA) is 0 Å². The summed E-state index contributed by atoms with van der Waals surface area (Å²) in [6.45, 7) is 8.78. The highest BCUT2D eigenvalue weighted by atomic mass is 35.5. The van der Waals surface area contributed by atoms with Crippen molar-refractivity contribution in [2.24, 2.45) is 0 Å². The van der Waals surface area contributed by atoms with Crippen molar-refractivity contribution >= 4 is 23.2 Å². The van der Waals surface area contributed by atoms with Crippen LogP contribution in [0.3, 0.4) is 0 Å². The number of halogens is 1. The van der Waals surface area contributed by atoms with Gasteiger partial charge in [0.25, 0.3) is 0 Å². The van der Waals surface area contributed by atoms with E-state index in [1.54, 1.807) is 0 Å². The average molecular weight is 445 g/mol. The normalized spacial score (nSPS) is 11.1. The van der Waals surface area contributed by atoms with Crippen molar-refractivity contribution in [3.63, 3.8) is 0 Å². The third-order valence-electron chi connectivity index (χ3n) is 5.87. The first-order valence-corrected chi connectivity index (χ1v) is 12.6. The van der Waals surface area contributed by atoms with E-state index in [0.717, 1.165) is 6.16 Å². The molecule has 0 radical (unpaired) electrons. The van der Waals surface area contributed by atoms with E-state index in [-0.39, 0.29) is 12.4 Å². The van der Waals surface area contributed by atoms with Gasteiger partial charge in [0.2, 0.25) is 0 Å². The molecule has 0 saturated heterocycles. The minimum absolute atomic E-state index is 0. The molecular formula is C29H30ClP. The van der Waals surface area contributed by atoms with Crippen LogP contribution in [0.4, 0.5) is 0 Å². The molecule has 0 nitrogen and oxygen atoms in total. The highest BCUT2D eigenvalue weighted by molar-refractivity contribution is 7.95. The second kappa shape index (κ2) is 9.82. The molecule has 0 aliphatic rings. The zero-order valence-corrected chi connectivity index (χ0v) is 20.4. The fourth-order valence-corrected chi connectivity index (χ4v) is 8.78. The van der Waals surface area contributed by atoms with Crippen LogP contribution in [0.15, 0.2) is 97.1 Å². The average Bonchev–Trinajstić information content (AvgIpc) is 2.73. The van der Waals surface area contributed by atoms with Gasteiger partial charge in [-0.25, -0.2) is 0 Å². The van der Waals surface area contributed by atoms with Crippen molar-refractivity contribution in [2.75, 3.05) is 0 Å². The van der Waals surface area contributed by atoms with Gasteiger partial charge in [0.05, 0.1) is 6.16 Å². The summed E-state index contributed by atoms with van der Waals surface area (Å²) in [7, 11) is -1.87. The highest BCUT2D eigenvalue weighted by Crippen LogP contribution is 2.58. The number of benzene rings is 4. The quantitative estimate of drug-likeness (QED) is 0.414. The molecule has 158 valence electrons. The molecule has 0 atom stereocenters. The van der Waals surface area contributed by atoms with Crippen molar-refractivity contribution in [3.8, 4) is 0 Å². The van der Waals surface area contributed by atoms with Gasteiger partial charge in [0.15, 0.2) is 0 Å². The standard InChI is InChI=1S/C29H30P.ClH/c1-22-14-16-26(17-15-22)21-30(27-11-5-8-23(2)18-27,28-12-6-9-24(3)19-28)29-13-7-10-25(4)20-29;/h5-20H,21H2,1-4H3;1H/q+1;/p-1. The molecule has 0 unspecified atom stereocenters. The first kappa shape index (κ1) is 23.3. The smallest absolute Gasteiger partial charge is 0.116 e. The van der Waals surface area contributed by atoms with Crippen LogP contribution in [-0.2, 0) is 6.16 Å². The lowest BCUT2D eigenvalue weighted by Crippen LogP contribution is -3.00. The van der Waals surface area contributed by atoms with E-state index in [1.165, 1.54) is 43.7 Å². The minimum atomic E-state index is -1.87. The summed E-state index contributed by atoms with van der Waals surface area (Å²) >= 11 is 0. The summed E-state index contributed by atoms with van der Waals surface area (Å²) in [5.74, 6) is 0. The second-order valence-corrected chi connectivity index (χ2v) is 12.0. The number of aryl methyl sites for hydroxylation is 4. The zero-order valence-electron chi connectivity index (χ0n) is 18.8. The lowest BCUT2D eigenvalue weighted by molar-refractivity contribution is -0.00000622. The molecule has 0 heterocycles. The summed E-state index contributed by atoms with van der Waals surface area (Å²) in [6.07, 6.45) is 1.03. The molecule has 0 aromatic heterocycles. The van der Waals surface area contributed by atoms with Gasteiger partial charge in [-0.05, 0) is 86.3 Å². The maximum Gasteiger partial charge on any atom is 0.116 e. The fourth-order valence-electron chi connectivity index (χ4n) is 4.28. The Balaban J connectivity index is 0.00000272. The molecule has 0 aliphatic carbocycles. The summed E-state index contributed by atoms with van der Waals surface area (Å²) in [5.41, 5.74) is 6.67. The Bertz CT molecular complexity index is 1050. The zero-order chi connectivity index (χ0) is 21.1. The summed E-state index contributed by atoms with van der Waals surface area (Å²) < 4.78 is 0. The molecule has 0 spiro atoms. The van der Waals surface area contributed by atoms with Crippen LogP contribution in [-0.4, -0.2) is 0 Å². The van der Waals surface area contributed by atoms with E-state index in [2.05, 4.69) is 125 Å². The molecule has 0 saturated carbocycles. The van der Waals surface area contributed by atoms with E-state index < -0.39 is 7.26 Å². The summed E-state index contributed by atoms with van der Waals surface area (Å²) in [6, 6.07) is 36.7. The van der Waals surface area contributed by atoms with E-state index in [9.17, 15) is 0 Å². The van der Waals surface area contributed by atoms with E-state index in [4.69, 9.17) is 0 Å². The minimum Gasteiger partial charge on any atom is -1.00 e. The van der Waals surface area contributed by atoms with Crippen LogP contribution >= 0.6 is 7.26 Å². The Labute approximate surface area is 194 Å². The Morgan fingerprint density at radius 3 is 1.23 bits per heavy atom. The predicted molar refractivity (Wildman–Crippen MR) is 134 cm³/mol. The first-order valence-electron chi connectivity index (χ1n) is 10.6. The third kappa shape index (κ3) is 4.93. The van der Waals surface area contributed by atoms with Gasteiger partial charge in [-0.2, -0.15) is 0 Å². The first-order chi connectivity index (χ1) is 14.5. The monoisotopic (exact) mass is 444 g/mol. The predicted octanol–water partition coefficient (Wildman–Crippen LogP) is 3.42. The van der Waals surface area contributed by atoms with Crippen LogP contribution in [0.2, 0.25) is 0 Å². The Morgan fingerprint density at radius 2 is 0.871 bits per heavy atom. The van der Waals surface area contributed by atoms with Crippen LogP contribution in [0, 0.1) is 27.7 Å². The van der Waals surface area contributed by atoms with Gasteiger partial charge < -0.3 is 12.4 Å². The van der Waals surface area contributed by atoms with Crippen LogP contribution in [0.25, 0.3) is 0 Å². The van der Waals surface area contributed by atoms with Crippen molar-refractivity contribution in [2.45, 2.75) is 33.9 Å². The van der Waals surface area contributed by atoms with Crippen molar-refractivity contribution in [3.05, 3.63) is 125 Å². The third-order valence-corrected chi connectivity index (χ3v) is 10.2. The molecule has 0 aliphatic heterocycles. The number of hydrogen-bond acceptors (Lipinski definition) is 0. The van der Waals surface area contributed by atoms with Crippen molar-refractivity contribution in [1.82, 2.24) is 0 Å². The fraction of sp³-hybridized carbons (Fsp3) is 0.172. The Kier molecular flexibility index (Phi) is 7.37. The Hall–Kier alpha value is -2.40. The van der Waals surface area contributed by atoms with Gasteiger partial charge in [0.1, 0.15) is 23.2 Å². The highest BCUT2D eigenvalue weighted by Gasteiger charge is 2.45. The molecule has 4 aromatic rings. The van der Waals surface area contributed by atoms with Crippen LogP contribution in [0.5, 0.6) is 0 Å². The van der Waals surface area contributed by atoms with Gasteiger partial charge in [-0.3, -0.25) is 0 Å². The second-order valence-electron chi connectivity index (χ2n) is 8.47. The molecule has 0 fully saturated rings. The Morgan fingerprint density at radius 1 is 0.484 bits per heavy atom. The van der Waals surface area contributed by atoms with Crippen molar-refractivity contribution < 1.29 is 12.4 Å². The number of rotatable bonds is 5. The van der Waals surface area contributed by atoms with E-state index in [0.29, 0.717) is 0 Å². The van der Waals surface area contributed by atoms with Gasteiger partial charge in [-0.1, -0.05) is 66.2 Å². The summed E-state index contributed by atoms with van der Waals surface area (Å²) in [4.78, 5) is 0. The van der Waals surface area contributed by atoms with Gasteiger partial charge >= 0.3 is 0 Å². The van der Waals surface area contributed by atoms with E-state index in [1.807, 2.05) is 0 Å². The molecule has 4 aromatic carbocycles. The molecule has 0 N–H and O–H groups in total. The SMILES string of the molecule is Cc1ccc(C[P+](c2cccc(C)c2)(c2cccc(C)c2)c2cccc(C)c2)cc1.[Cl-]. The molecular weight excluding hydrogens is 415 g/mol. The van der Waals surface area contributed by atoms with Crippen molar-refractivity contribution in [1.29, 1.82) is 0 Å². The molecule has 4 rings (SSSR count).